The molecule has 0 unspecified atom stereocenters. The van der Waals surface area contributed by atoms with Crippen LogP contribution in [0.5, 0.6) is 0 Å². The van der Waals surface area contributed by atoms with Crippen LogP contribution in [0.25, 0.3) is 0 Å². The molecule has 1 aromatic heterocycles. The predicted molar refractivity (Wildman–Crippen MR) is 64.2 cm³/mol. The van der Waals surface area contributed by atoms with E-state index in [2.05, 4.69) is 29.4 Å². The summed E-state index contributed by atoms with van der Waals surface area (Å²) >= 11 is 0. The highest BCUT2D eigenvalue weighted by Gasteiger charge is 2.17. The monoisotopic (exact) mass is 224 g/mol. The van der Waals surface area contributed by atoms with Gasteiger partial charge >= 0.3 is 0 Å². The third kappa shape index (κ3) is 4.02. The van der Waals surface area contributed by atoms with Crippen molar-refractivity contribution >= 4 is 11.7 Å². The molecule has 5 heteroatoms. The van der Waals surface area contributed by atoms with E-state index in [0.717, 1.165) is 5.69 Å². The van der Waals surface area contributed by atoms with Crippen molar-refractivity contribution in [2.45, 2.75) is 45.6 Å². The number of hydrogen-bond donors (Lipinski definition) is 3. The van der Waals surface area contributed by atoms with Gasteiger partial charge in [0.05, 0.1) is 0 Å². The predicted octanol–water partition coefficient (Wildman–Crippen LogP) is 1.60. The van der Waals surface area contributed by atoms with Gasteiger partial charge in [0.1, 0.15) is 0 Å². The van der Waals surface area contributed by atoms with Crippen molar-refractivity contribution in [3.8, 4) is 0 Å². The summed E-state index contributed by atoms with van der Waals surface area (Å²) in [7, 11) is 0. The van der Waals surface area contributed by atoms with Crippen molar-refractivity contribution in [1.82, 2.24) is 10.2 Å². The first-order chi connectivity index (χ1) is 7.28. The topological polar surface area (TPSA) is 83.8 Å². The Morgan fingerprint density at radius 1 is 1.62 bits per heavy atom. The maximum atomic E-state index is 11.6. The second kappa shape index (κ2) is 4.65. The second-order valence-corrected chi connectivity index (χ2v) is 5.08. The fourth-order valence-corrected chi connectivity index (χ4v) is 1.30. The van der Waals surface area contributed by atoms with E-state index in [9.17, 15) is 4.79 Å². The Balaban J connectivity index is 2.57. The fourth-order valence-electron chi connectivity index (χ4n) is 1.30. The molecule has 0 atom stereocenters. The van der Waals surface area contributed by atoms with E-state index in [-0.39, 0.29) is 12.3 Å². The zero-order valence-corrected chi connectivity index (χ0v) is 10.3. The number of rotatable bonds is 4. The molecule has 1 rings (SSSR count). The van der Waals surface area contributed by atoms with E-state index in [1.54, 1.807) is 0 Å². The summed E-state index contributed by atoms with van der Waals surface area (Å²) in [5.74, 6) is 0.802. The van der Waals surface area contributed by atoms with Crippen molar-refractivity contribution in [3.63, 3.8) is 0 Å². The summed E-state index contributed by atoms with van der Waals surface area (Å²) in [4.78, 5) is 11.6. The van der Waals surface area contributed by atoms with Crippen molar-refractivity contribution in [1.29, 1.82) is 0 Å². The van der Waals surface area contributed by atoms with E-state index in [1.807, 2.05) is 19.9 Å². The van der Waals surface area contributed by atoms with Gasteiger partial charge in [0, 0.05) is 23.7 Å². The van der Waals surface area contributed by atoms with Crippen molar-refractivity contribution in [2.75, 3.05) is 5.32 Å². The molecule has 0 aliphatic rings. The van der Waals surface area contributed by atoms with Gasteiger partial charge in [-0.2, -0.15) is 5.10 Å². The zero-order valence-electron chi connectivity index (χ0n) is 10.3. The smallest absolute Gasteiger partial charge is 0.227 e. The number of nitrogens with one attached hydrogen (secondary N) is 2. The molecule has 0 bridgehead atoms. The molecule has 1 heterocycles. The van der Waals surface area contributed by atoms with Gasteiger partial charge in [0.2, 0.25) is 5.91 Å². The Kier molecular flexibility index (Phi) is 3.70. The van der Waals surface area contributed by atoms with Gasteiger partial charge in [-0.3, -0.25) is 9.89 Å². The van der Waals surface area contributed by atoms with Crippen LogP contribution in [0.3, 0.4) is 0 Å². The molecular weight excluding hydrogens is 204 g/mol. The minimum atomic E-state index is -0.499. The van der Waals surface area contributed by atoms with E-state index in [4.69, 9.17) is 5.73 Å². The first-order valence-corrected chi connectivity index (χ1v) is 5.42. The molecule has 90 valence electrons. The van der Waals surface area contributed by atoms with Crippen LogP contribution in [0, 0.1) is 0 Å². The minimum absolute atomic E-state index is 0.116. The summed E-state index contributed by atoms with van der Waals surface area (Å²) in [5, 5.41) is 9.60. The van der Waals surface area contributed by atoms with Gasteiger partial charge in [-0.05, 0) is 19.8 Å². The zero-order chi connectivity index (χ0) is 12.3. The van der Waals surface area contributed by atoms with Gasteiger partial charge in [0.25, 0.3) is 0 Å². The number of anilines is 1. The average Bonchev–Trinajstić information content (AvgIpc) is 2.48. The molecule has 16 heavy (non-hydrogen) atoms. The standard InChI is InChI=1S/C11H20N4O/c1-7(2)8-5-9(15-14-8)13-10(16)6-11(3,4)12/h5,7H,6,12H2,1-4H3,(H2,13,14,15,16). The first kappa shape index (κ1) is 12.7. The van der Waals surface area contributed by atoms with Gasteiger partial charge in [0.15, 0.2) is 5.82 Å². The molecule has 1 amide bonds. The molecule has 0 saturated heterocycles. The summed E-state index contributed by atoms with van der Waals surface area (Å²) in [5.41, 5.74) is 6.26. The largest absolute Gasteiger partial charge is 0.325 e. The number of aromatic amines is 1. The van der Waals surface area contributed by atoms with Crippen molar-refractivity contribution < 1.29 is 4.79 Å². The Hall–Kier alpha value is -1.36. The van der Waals surface area contributed by atoms with Gasteiger partial charge in [-0.1, -0.05) is 13.8 Å². The molecule has 0 saturated carbocycles. The molecule has 0 radical (unpaired) electrons. The summed E-state index contributed by atoms with van der Waals surface area (Å²) in [6.07, 6.45) is 0.275. The molecule has 0 spiro atoms. The molecule has 0 aromatic carbocycles. The van der Waals surface area contributed by atoms with E-state index >= 15 is 0 Å². The van der Waals surface area contributed by atoms with Crippen molar-refractivity contribution in [3.05, 3.63) is 11.8 Å². The third-order valence-corrected chi connectivity index (χ3v) is 2.10. The summed E-state index contributed by atoms with van der Waals surface area (Å²) in [6, 6.07) is 1.84. The highest BCUT2D eigenvalue weighted by molar-refractivity contribution is 5.90. The van der Waals surface area contributed by atoms with E-state index in [1.165, 1.54) is 0 Å². The molecule has 0 fully saturated rings. The third-order valence-electron chi connectivity index (χ3n) is 2.10. The van der Waals surface area contributed by atoms with Crippen LogP contribution >= 0.6 is 0 Å². The number of carbonyl (C=O) groups is 1. The quantitative estimate of drug-likeness (QED) is 0.726. The molecule has 5 nitrogen and oxygen atoms in total. The lowest BCUT2D eigenvalue weighted by molar-refractivity contribution is -0.117. The maximum Gasteiger partial charge on any atom is 0.227 e. The molecule has 1 aromatic rings. The number of nitrogens with zero attached hydrogens (tertiary/aromatic N) is 1. The summed E-state index contributed by atoms with van der Waals surface area (Å²) in [6.45, 7) is 7.75. The van der Waals surface area contributed by atoms with E-state index in [0.29, 0.717) is 11.7 Å². The normalized spacial score (nSPS) is 11.9. The van der Waals surface area contributed by atoms with Crippen LogP contribution in [0.15, 0.2) is 6.07 Å². The Bertz CT molecular complexity index is 362. The van der Waals surface area contributed by atoms with Crippen LogP contribution < -0.4 is 11.1 Å². The van der Waals surface area contributed by atoms with Crippen LogP contribution in [-0.2, 0) is 4.79 Å². The molecule has 0 aliphatic heterocycles. The fraction of sp³-hybridized carbons (Fsp3) is 0.636. The van der Waals surface area contributed by atoms with Crippen LogP contribution in [0.1, 0.15) is 45.7 Å². The van der Waals surface area contributed by atoms with Crippen LogP contribution in [-0.4, -0.2) is 21.6 Å². The number of amides is 1. The number of H-pyrrole nitrogens is 1. The lowest BCUT2D eigenvalue weighted by atomic mass is 10.0. The molecule has 0 aliphatic carbocycles. The Morgan fingerprint density at radius 3 is 2.69 bits per heavy atom. The van der Waals surface area contributed by atoms with Crippen LogP contribution in [0.2, 0.25) is 0 Å². The number of hydrogen-bond acceptors (Lipinski definition) is 3. The van der Waals surface area contributed by atoms with Gasteiger partial charge in [-0.15, -0.1) is 0 Å². The lowest BCUT2D eigenvalue weighted by Gasteiger charge is -2.16. The van der Waals surface area contributed by atoms with Crippen LogP contribution in [0.4, 0.5) is 5.82 Å². The number of aromatic nitrogens is 2. The highest BCUT2D eigenvalue weighted by Crippen LogP contribution is 2.15. The second-order valence-electron chi connectivity index (χ2n) is 5.08. The minimum Gasteiger partial charge on any atom is -0.325 e. The number of carbonyl (C=O) groups excluding carboxylic acids is 1. The first-order valence-electron chi connectivity index (χ1n) is 5.42. The lowest BCUT2D eigenvalue weighted by Crippen LogP contribution is -2.36. The van der Waals surface area contributed by atoms with E-state index < -0.39 is 5.54 Å². The highest BCUT2D eigenvalue weighted by atomic mass is 16.1. The van der Waals surface area contributed by atoms with Crippen molar-refractivity contribution in [2.24, 2.45) is 5.73 Å². The number of nitrogens with two attached hydrogens (primary N) is 1. The Morgan fingerprint density at radius 2 is 2.25 bits per heavy atom. The summed E-state index contributed by atoms with van der Waals surface area (Å²) < 4.78 is 0. The molecular formula is C11H20N4O. The van der Waals surface area contributed by atoms with Gasteiger partial charge < -0.3 is 11.1 Å². The SMILES string of the molecule is CC(C)c1cc(NC(=O)CC(C)(C)N)n[nH]1. The average molecular weight is 224 g/mol. The molecule has 4 N–H and O–H groups in total. The van der Waals surface area contributed by atoms with Gasteiger partial charge in [-0.25, -0.2) is 0 Å². The maximum absolute atomic E-state index is 11.6. The Labute approximate surface area is 95.8 Å².